The molecule has 2 aliphatic rings. The van der Waals surface area contributed by atoms with Crippen LogP contribution in [0.4, 0.5) is 0 Å². The molecule has 2 aromatic carbocycles. The zero-order valence-electron chi connectivity index (χ0n) is 19.0. The van der Waals surface area contributed by atoms with E-state index in [1.807, 2.05) is 0 Å². The molecule has 160 valence electrons. The van der Waals surface area contributed by atoms with E-state index in [1.165, 1.54) is 55.4 Å². The topological polar surface area (TPSA) is 9.23 Å². The molecule has 0 aliphatic heterocycles. The van der Waals surface area contributed by atoms with Gasteiger partial charge in [0, 0.05) is 5.92 Å². The Morgan fingerprint density at radius 2 is 1.57 bits per heavy atom. The minimum Gasteiger partial charge on any atom is -0.493 e. The first-order valence-corrected chi connectivity index (χ1v) is 12.1. The first-order chi connectivity index (χ1) is 14.7. The molecule has 0 saturated heterocycles. The highest BCUT2D eigenvalue weighted by atomic mass is 16.5. The fraction of sp³-hybridized carbons (Fsp3) is 0.517. The molecule has 0 aromatic heterocycles. The second kappa shape index (κ2) is 9.41. The van der Waals surface area contributed by atoms with Gasteiger partial charge in [0.1, 0.15) is 6.61 Å². The number of benzene rings is 2. The van der Waals surface area contributed by atoms with Gasteiger partial charge in [0.2, 0.25) is 0 Å². The lowest BCUT2D eigenvalue weighted by molar-refractivity contribution is 0.141. The van der Waals surface area contributed by atoms with Crippen molar-refractivity contribution in [2.45, 2.75) is 65.9 Å². The van der Waals surface area contributed by atoms with Crippen LogP contribution < -0.4 is 0 Å². The highest BCUT2D eigenvalue weighted by Crippen LogP contribution is 2.73. The Morgan fingerprint density at radius 1 is 0.900 bits per heavy atom. The lowest BCUT2D eigenvalue weighted by Gasteiger charge is -2.23. The van der Waals surface area contributed by atoms with Gasteiger partial charge in [0.05, 0.1) is 5.76 Å². The Labute approximate surface area is 183 Å². The second-order valence-electron chi connectivity index (χ2n) is 9.82. The van der Waals surface area contributed by atoms with E-state index < -0.39 is 0 Å². The molecule has 1 nitrogen and oxygen atoms in total. The summed E-state index contributed by atoms with van der Waals surface area (Å²) in [5, 5.41) is 0. The van der Waals surface area contributed by atoms with Gasteiger partial charge >= 0.3 is 0 Å². The Bertz CT molecular complexity index is 822. The molecule has 0 bridgehead atoms. The molecular formula is C29H38O. The normalized spacial score (nSPS) is 27.1. The summed E-state index contributed by atoms with van der Waals surface area (Å²) in [6.07, 6.45) is 10.4. The summed E-state index contributed by atoms with van der Waals surface area (Å²) in [5.41, 5.74) is 3.14. The highest BCUT2D eigenvalue weighted by molar-refractivity contribution is 5.34. The van der Waals surface area contributed by atoms with Crippen molar-refractivity contribution in [2.75, 3.05) is 0 Å². The molecule has 4 atom stereocenters. The second-order valence-corrected chi connectivity index (χ2v) is 9.82. The minimum absolute atomic E-state index is 0.394. The zero-order valence-corrected chi connectivity index (χ0v) is 19.0. The van der Waals surface area contributed by atoms with Gasteiger partial charge in [-0.05, 0) is 59.6 Å². The van der Waals surface area contributed by atoms with E-state index in [-0.39, 0.29) is 0 Å². The number of hydrogen-bond acceptors (Lipinski definition) is 1. The van der Waals surface area contributed by atoms with E-state index >= 15 is 0 Å². The molecule has 1 fully saturated rings. The lowest BCUT2D eigenvalue weighted by Crippen LogP contribution is -2.16. The van der Waals surface area contributed by atoms with Gasteiger partial charge in [0.25, 0.3) is 0 Å². The number of ether oxygens (including phenoxy) is 1. The number of aryl methyl sites for hydroxylation is 1. The summed E-state index contributed by atoms with van der Waals surface area (Å²) < 4.78 is 6.47. The van der Waals surface area contributed by atoms with Crippen LogP contribution in [0.1, 0.15) is 64.0 Å². The molecule has 2 aromatic rings. The molecule has 30 heavy (non-hydrogen) atoms. The maximum Gasteiger partial charge on any atom is 0.113 e. The van der Waals surface area contributed by atoms with Gasteiger partial charge in [-0.15, -0.1) is 0 Å². The molecule has 1 saturated carbocycles. The van der Waals surface area contributed by atoms with Crippen LogP contribution in [-0.2, 0) is 17.8 Å². The third-order valence-electron chi connectivity index (χ3n) is 7.53. The van der Waals surface area contributed by atoms with Gasteiger partial charge in [-0.3, -0.25) is 0 Å². The Balaban J connectivity index is 1.49. The Kier molecular flexibility index (Phi) is 6.66. The van der Waals surface area contributed by atoms with Crippen LogP contribution in [0.5, 0.6) is 0 Å². The molecule has 0 N–H and O–H groups in total. The van der Waals surface area contributed by atoms with Gasteiger partial charge in [-0.2, -0.15) is 0 Å². The molecule has 0 heterocycles. The Morgan fingerprint density at radius 3 is 2.20 bits per heavy atom. The van der Waals surface area contributed by atoms with Crippen molar-refractivity contribution >= 4 is 0 Å². The zero-order chi connectivity index (χ0) is 21.0. The average molecular weight is 403 g/mol. The van der Waals surface area contributed by atoms with Gasteiger partial charge in [-0.1, -0.05) is 101 Å². The maximum absolute atomic E-state index is 6.47. The predicted molar refractivity (Wildman–Crippen MR) is 126 cm³/mol. The van der Waals surface area contributed by atoms with E-state index in [2.05, 4.69) is 87.5 Å². The first kappa shape index (κ1) is 21.2. The fourth-order valence-corrected chi connectivity index (χ4v) is 6.04. The van der Waals surface area contributed by atoms with Crippen molar-refractivity contribution in [1.82, 2.24) is 0 Å². The molecule has 1 heteroatoms. The van der Waals surface area contributed by atoms with E-state index in [9.17, 15) is 0 Å². The number of unbranched alkanes of at least 4 members (excludes halogenated alkanes) is 2. The SMILES string of the molecule is CCCCC[C@]12C=C(OCc3ccccc3)[C@H](C(C)C)[C@H]1[C@H]2CCc1ccccc1. The van der Waals surface area contributed by atoms with Crippen LogP contribution in [0, 0.1) is 29.1 Å². The molecule has 0 amide bonds. The fourth-order valence-electron chi connectivity index (χ4n) is 6.04. The predicted octanol–water partition coefficient (Wildman–Crippen LogP) is 7.82. The van der Waals surface area contributed by atoms with Crippen LogP contribution in [0.15, 0.2) is 72.5 Å². The monoisotopic (exact) mass is 402 g/mol. The summed E-state index contributed by atoms with van der Waals surface area (Å²) in [6.45, 7) is 7.78. The molecule has 0 unspecified atom stereocenters. The standard InChI is InChI=1S/C29H38O/c1-4-5-12-19-29-20-26(30-21-24-15-10-7-11-16-24)27(22(2)3)28(29)25(29)18-17-23-13-8-6-9-14-23/h6-11,13-16,20,22,25,27-28H,4-5,12,17-19,21H2,1-3H3/t25-,27+,28-,29-/m1/s1. The summed E-state index contributed by atoms with van der Waals surface area (Å²) in [7, 11) is 0. The molecular weight excluding hydrogens is 364 g/mol. The summed E-state index contributed by atoms with van der Waals surface area (Å²) >= 11 is 0. The number of fused-ring (bicyclic) bond motifs is 1. The molecule has 2 aliphatic carbocycles. The van der Waals surface area contributed by atoms with Gasteiger partial charge in [-0.25, -0.2) is 0 Å². The number of rotatable bonds is 11. The van der Waals surface area contributed by atoms with Crippen molar-refractivity contribution in [3.05, 3.63) is 83.6 Å². The van der Waals surface area contributed by atoms with Crippen molar-refractivity contribution < 1.29 is 4.74 Å². The average Bonchev–Trinajstić information content (AvgIpc) is 3.22. The Hall–Kier alpha value is -2.02. The number of allylic oxidation sites excluding steroid dienone is 2. The van der Waals surface area contributed by atoms with E-state index in [4.69, 9.17) is 4.74 Å². The van der Waals surface area contributed by atoms with Crippen LogP contribution in [0.2, 0.25) is 0 Å². The van der Waals surface area contributed by atoms with Crippen molar-refractivity contribution in [1.29, 1.82) is 0 Å². The highest BCUT2D eigenvalue weighted by Gasteiger charge is 2.69. The maximum atomic E-state index is 6.47. The summed E-state index contributed by atoms with van der Waals surface area (Å²) in [6, 6.07) is 21.6. The van der Waals surface area contributed by atoms with Crippen LogP contribution in [0.25, 0.3) is 0 Å². The van der Waals surface area contributed by atoms with Crippen molar-refractivity contribution in [3.63, 3.8) is 0 Å². The van der Waals surface area contributed by atoms with Crippen LogP contribution in [-0.4, -0.2) is 0 Å². The van der Waals surface area contributed by atoms with Crippen molar-refractivity contribution in [3.8, 4) is 0 Å². The smallest absolute Gasteiger partial charge is 0.113 e. The van der Waals surface area contributed by atoms with E-state index in [0.717, 1.165) is 11.8 Å². The summed E-state index contributed by atoms with van der Waals surface area (Å²) in [5.74, 6) is 4.10. The van der Waals surface area contributed by atoms with E-state index in [1.54, 1.807) is 0 Å². The summed E-state index contributed by atoms with van der Waals surface area (Å²) in [4.78, 5) is 0. The van der Waals surface area contributed by atoms with Crippen LogP contribution >= 0.6 is 0 Å². The number of hydrogen-bond donors (Lipinski definition) is 0. The third kappa shape index (κ3) is 4.36. The van der Waals surface area contributed by atoms with Gasteiger partial charge in [0.15, 0.2) is 0 Å². The third-order valence-corrected chi connectivity index (χ3v) is 7.53. The lowest BCUT2D eigenvalue weighted by atomic mass is 9.88. The largest absolute Gasteiger partial charge is 0.493 e. The van der Waals surface area contributed by atoms with Crippen LogP contribution in [0.3, 0.4) is 0 Å². The quantitative estimate of drug-likeness (QED) is 0.348. The molecule has 0 radical (unpaired) electrons. The minimum atomic E-state index is 0.394. The molecule has 4 rings (SSSR count). The first-order valence-electron chi connectivity index (χ1n) is 12.1. The molecule has 0 spiro atoms. The van der Waals surface area contributed by atoms with E-state index in [0.29, 0.717) is 23.9 Å². The van der Waals surface area contributed by atoms with Gasteiger partial charge < -0.3 is 4.74 Å². The van der Waals surface area contributed by atoms with Crippen molar-refractivity contribution in [2.24, 2.45) is 29.1 Å².